The van der Waals surface area contributed by atoms with Crippen molar-refractivity contribution >= 4 is 33.2 Å². The first kappa shape index (κ1) is 22.1. The lowest BCUT2D eigenvalue weighted by atomic mass is 9.97. The maximum absolute atomic E-state index is 13.2. The number of benzene rings is 1. The van der Waals surface area contributed by atoms with E-state index in [1.54, 1.807) is 10.8 Å². The summed E-state index contributed by atoms with van der Waals surface area (Å²) < 4.78 is 29.1. The average molecular weight is 466 g/mol. The molecular formula is C21H28ClN5O3S. The van der Waals surface area contributed by atoms with Gasteiger partial charge in [-0.1, -0.05) is 17.7 Å². The first-order valence-corrected chi connectivity index (χ1v) is 12.5. The summed E-state index contributed by atoms with van der Waals surface area (Å²) in [6.45, 7) is 5.93. The lowest BCUT2D eigenvalue weighted by Crippen LogP contribution is -2.53. The molecule has 0 radical (unpaired) electrons. The van der Waals surface area contributed by atoms with Crippen molar-refractivity contribution in [2.24, 2.45) is 5.92 Å². The first-order valence-electron chi connectivity index (χ1n) is 10.7. The van der Waals surface area contributed by atoms with Gasteiger partial charge >= 0.3 is 0 Å². The van der Waals surface area contributed by atoms with Crippen LogP contribution in [0.15, 0.2) is 41.8 Å². The number of aromatic nitrogens is 2. The number of aryl methyl sites for hydroxylation is 1. The molecule has 0 saturated carbocycles. The third kappa shape index (κ3) is 4.73. The van der Waals surface area contributed by atoms with Crippen LogP contribution in [0.25, 0.3) is 0 Å². The van der Waals surface area contributed by atoms with Crippen LogP contribution in [0.4, 0.5) is 5.69 Å². The van der Waals surface area contributed by atoms with E-state index in [2.05, 4.69) is 9.88 Å². The highest BCUT2D eigenvalue weighted by Crippen LogP contribution is 2.26. The van der Waals surface area contributed by atoms with Crippen molar-refractivity contribution < 1.29 is 13.2 Å². The minimum Gasteiger partial charge on any atom is -0.368 e. The number of sulfonamides is 1. The Kier molecular flexibility index (Phi) is 6.55. The standard InChI is InChI=1S/C21H28ClN5O3S/c1-2-24-15-20(23-16-24)31(29,30)27-8-4-5-17(14-27)21(28)26-11-9-25(10-12-26)19-7-3-6-18(22)13-19/h3,6-7,13,15-17H,2,4-5,8-12,14H2,1H3/t17-/m0/s1. The molecule has 0 N–H and O–H groups in total. The summed E-state index contributed by atoms with van der Waals surface area (Å²) in [5, 5.41) is 0.751. The molecule has 1 aromatic heterocycles. The number of piperazine rings is 1. The Morgan fingerprint density at radius 3 is 2.65 bits per heavy atom. The first-order chi connectivity index (χ1) is 14.9. The molecule has 0 spiro atoms. The van der Waals surface area contributed by atoms with E-state index in [9.17, 15) is 13.2 Å². The highest BCUT2D eigenvalue weighted by Gasteiger charge is 2.36. The number of imidazole rings is 1. The number of carbonyl (C=O) groups is 1. The van der Waals surface area contributed by atoms with E-state index < -0.39 is 10.0 Å². The van der Waals surface area contributed by atoms with Crippen LogP contribution in [-0.2, 0) is 21.4 Å². The van der Waals surface area contributed by atoms with Gasteiger partial charge in [0.2, 0.25) is 5.91 Å². The zero-order valence-corrected chi connectivity index (χ0v) is 19.2. The van der Waals surface area contributed by atoms with Gasteiger partial charge in [-0.05, 0) is 38.0 Å². The van der Waals surface area contributed by atoms with Crippen LogP contribution in [0.5, 0.6) is 0 Å². The minimum absolute atomic E-state index is 0.0460. The molecule has 0 unspecified atom stereocenters. The Hall–Kier alpha value is -2.10. The maximum atomic E-state index is 13.2. The van der Waals surface area contributed by atoms with Gasteiger partial charge in [-0.15, -0.1) is 0 Å². The summed E-state index contributed by atoms with van der Waals surface area (Å²) in [6, 6.07) is 7.73. The second-order valence-corrected chi connectivity index (χ2v) is 10.4. The quantitative estimate of drug-likeness (QED) is 0.677. The molecule has 168 valence electrons. The molecule has 3 heterocycles. The predicted molar refractivity (Wildman–Crippen MR) is 120 cm³/mol. The van der Waals surface area contributed by atoms with Crippen molar-refractivity contribution in [1.29, 1.82) is 0 Å². The molecule has 2 saturated heterocycles. The summed E-state index contributed by atoms with van der Waals surface area (Å²) in [5.74, 6) is -0.265. The SMILES string of the molecule is CCn1cnc(S(=O)(=O)N2CCC[C@H](C(=O)N3CCN(c4cccc(Cl)c4)CC3)C2)c1. The number of hydrogen-bond acceptors (Lipinski definition) is 5. The molecule has 2 aromatic rings. The van der Waals surface area contributed by atoms with Crippen LogP contribution in [0, 0.1) is 5.92 Å². The van der Waals surface area contributed by atoms with E-state index in [4.69, 9.17) is 11.6 Å². The monoisotopic (exact) mass is 465 g/mol. The van der Waals surface area contributed by atoms with Crippen molar-refractivity contribution in [2.45, 2.75) is 31.3 Å². The molecule has 2 fully saturated rings. The van der Waals surface area contributed by atoms with Crippen LogP contribution >= 0.6 is 11.6 Å². The number of halogens is 1. The smallest absolute Gasteiger partial charge is 0.262 e. The summed E-state index contributed by atoms with van der Waals surface area (Å²) in [5.41, 5.74) is 1.06. The molecule has 1 atom stereocenters. The number of piperidine rings is 1. The number of carbonyl (C=O) groups excluding carboxylic acids is 1. The fourth-order valence-electron chi connectivity index (χ4n) is 4.26. The molecule has 1 amide bonds. The van der Waals surface area contributed by atoms with E-state index in [1.165, 1.54) is 10.6 Å². The van der Waals surface area contributed by atoms with Crippen LogP contribution in [0.1, 0.15) is 19.8 Å². The topological polar surface area (TPSA) is 78.8 Å². The lowest BCUT2D eigenvalue weighted by Gasteiger charge is -2.39. The Bertz CT molecular complexity index is 1030. The van der Waals surface area contributed by atoms with E-state index in [0.717, 1.165) is 18.8 Å². The zero-order chi connectivity index (χ0) is 22.0. The number of rotatable bonds is 5. The molecule has 31 heavy (non-hydrogen) atoms. The lowest BCUT2D eigenvalue weighted by molar-refractivity contribution is -0.137. The molecule has 1 aromatic carbocycles. The number of anilines is 1. The summed E-state index contributed by atoms with van der Waals surface area (Å²) in [6.07, 6.45) is 4.46. The molecular weight excluding hydrogens is 438 g/mol. The molecule has 8 nitrogen and oxygen atoms in total. The van der Waals surface area contributed by atoms with Crippen molar-refractivity contribution in [3.8, 4) is 0 Å². The molecule has 2 aliphatic heterocycles. The predicted octanol–water partition coefficient (Wildman–Crippen LogP) is 2.31. The fourth-order valence-corrected chi connectivity index (χ4v) is 5.90. The number of amides is 1. The summed E-state index contributed by atoms with van der Waals surface area (Å²) in [7, 11) is -3.69. The van der Waals surface area contributed by atoms with Gasteiger partial charge in [-0.3, -0.25) is 4.79 Å². The molecule has 10 heteroatoms. The van der Waals surface area contributed by atoms with Gasteiger partial charge in [0.05, 0.1) is 12.2 Å². The van der Waals surface area contributed by atoms with E-state index >= 15 is 0 Å². The van der Waals surface area contributed by atoms with E-state index in [-0.39, 0.29) is 23.4 Å². The van der Waals surface area contributed by atoms with Crippen molar-refractivity contribution in [1.82, 2.24) is 18.8 Å². The molecule has 2 aliphatic rings. The Morgan fingerprint density at radius 1 is 1.19 bits per heavy atom. The van der Waals surface area contributed by atoms with Gasteiger partial charge in [-0.25, -0.2) is 13.4 Å². The van der Waals surface area contributed by atoms with Gasteiger partial charge in [-0.2, -0.15) is 4.31 Å². The van der Waals surface area contributed by atoms with Crippen LogP contribution in [0.2, 0.25) is 5.02 Å². The van der Waals surface area contributed by atoms with E-state index in [1.807, 2.05) is 36.1 Å². The van der Waals surface area contributed by atoms with Crippen LogP contribution < -0.4 is 4.90 Å². The normalized spacial score (nSPS) is 20.8. The van der Waals surface area contributed by atoms with Gasteiger partial charge in [0.25, 0.3) is 10.0 Å². The van der Waals surface area contributed by atoms with Crippen molar-refractivity contribution in [3.05, 3.63) is 41.8 Å². The zero-order valence-electron chi connectivity index (χ0n) is 17.7. The highest BCUT2D eigenvalue weighted by atomic mass is 35.5. The third-order valence-corrected chi connectivity index (χ3v) is 8.06. The maximum Gasteiger partial charge on any atom is 0.262 e. The molecule has 4 rings (SSSR count). The number of hydrogen-bond donors (Lipinski definition) is 0. The van der Waals surface area contributed by atoms with Crippen molar-refractivity contribution in [2.75, 3.05) is 44.2 Å². The Labute approximate surface area is 188 Å². The van der Waals surface area contributed by atoms with Crippen molar-refractivity contribution in [3.63, 3.8) is 0 Å². The van der Waals surface area contributed by atoms with Gasteiger partial charge in [0.1, 0.15) is 0 Å². The highest BCUT2D eigenvalue weighted by molar-refractivity contribution is 7.89. The fraction of sp³-hybridized carbons (Fsp3) is 0.524. The van der Waals surface area contributed by atoms with Gasteiger partial charge in [0, 0.05) is 62.7 Å². The second-order valence-electron chi connectivity index (χ2n) is 8.04. The van der Waals surface area contributed by atoms with Gasteiger partial charge < -0.3 is 14.4 Å². The van der Waals surface area contributed by atoms with Crippen LogP contribution in [-0.4, -0.2) is 72.3 Å². The third-order valence-electron chi connectivity index (χ3n) is 6.08. The largest absolute Gasteiger partial charge is 0.368 e. The molecule has 0 aliphatic carbocycles. The Balaban J connectivity index is 1.38. The average Bonchev–Trinajstić information content (AvgIpc) is 3.29. The van der Waals surface area contributed by atoms with Gasteiger partial charge in [0.15, 0.2) is 5.03 Å². The van der Waals surface area contributed by atoms with Crippen LogP contribution in [0.3, 0.4) is 0 Å². The summed E-state index contributed by atoms with van der Waals surface area (Å²) in [4.78, 5) is 21.3. The second kappa shape index (κ2) is 9.18. The summed E-state index contributed by atoms with van der Waals surface area (Å²) >= 11 is 6.10. The molecule has 0 bridgehead atoms. The Morgan fingerprint density at radius 2 is 1.97 bits per heavy atom. The number of nitrogens with zero attached hydrogens (tertiary/aromatic N) is 5. The minimum atomic E-state index is -3.69. The van der Waals surface area contributed by atoms with E-state index in [0.29, 0.717) is 44.0 Å².